The van der Waals surface area contributed by atoms with Gasteiger partial charge in [0.1, 0.15) is 6.04 Å². The number of aliphatic carboxylic acids is 1. The summed E-state index contributed by atoms with van der Waals surface area (Å²) in [5.41, 5.74) is 1.80. The first-order valence-electron chi connectivity index (χ1n) is 6.35. The van der Waals surface area contributed by atoms with Crippen LogP contribution in [-0.2, 0) is 16.0 Å². The summed E-state index contributed by atoms with van der Waals surface area (Å²) in [5, 5.41) is 14.2. The van der Waals surface area contributed by atoms with Crippen LogP contribution in [0.3, 0.4) is 0 Å². The van der Waals surface area contributed by atoms with E-state index in [1.165, 1.54) is 0 Å². The fourth-order valence-corrected chi connectivity index (χ4v) is 2.11. The minimum Gasteiger partial charge on any atom is -0.480 e. The first-order chi connectivity index (χ1) is 9.38. The molecule has 0 fully saturated rings. The maximum Gasteiger partial charge on any atom is 0.326 e. The molecule has 1 aliphatic rings. The van der Waals surface area contributed by atoms with Gasteiger partial charge in [0.15, 0.2) is 0 Å². The number of benzene rings is 1. The van der Waals surface area contributed by atoms with E-state index in [0.29, 0.717) is 11.3 Å². The fraction of sp³-hybridized carbons (Fsp3) is 0.357. The highest BCUT2D eigenvalue weighted by Gasteiger charge is 2.25. The van der Waals surface area contributed by atoms with E-state index in [1.54, 1.807) is 32.0 Å². The third kappa shape index (κ3) is 2.79. The number of hydrogen-bond donors (Lipinski definition) is 3. The molecule has 1 aromatic rings. The van der Waals surface area contributed by atoms with E-state index in [1.807, 2.05) is 0 Å². The zero-order valence-corrected chi connectivity index (χ0v) is 11.3. The van der Waals surface area contributed by atoms with Crippen LogP contribution in [0.1, 0.15) is 29.8 Å². The summed E-state index contributed by atoms with van der Waals surface area (Å²) in [6, 6.07) is 3.90. The molecule has 0 radical (unpaired) electrons. The molecule has 3 N–H and O–H groups in total. The normalized spacial score (nSPS) is 14.7. The van der Waals surface area contributed by atoms with Gasteiger partial charge in [-0.15, -0.1) is 0 Å². The molecule has 1 atom stereocenters. The van der Waals surface area contributed by atoms with E-state index in [4.69, 9.17) is 5.11 Å². The van der Waals surface area contributed by atoms with Crippen LogP contribution in [0.2, 0.25) is 0 Å². The summed E-state index contributed by atoms with van der Waals surface area (Å²) < 4.78 is 0. The van der Waals surface area contributed by atoms with Crippen molar-refractivity contribution in [2.24, 2.45) is 5.92 Å². The van der Waals surface area contributed by atoms with Gasteiger partial charge in [0.2, 0.25) is 5.91 Å². The molecule has 2 rings (SSSR count). The van der Waals surface area contributed by atoms with E-state index >= 15 is 0 Å². The Morgan fingerprint density at radius 1 is 1.35 bits per heavy atom. The Hall–Kier alpha value is -2.37. The first kappa shape index (κ1) is 14.0. The number of carboxylic acid groups (broad SMARTS) is 1. The van der Waals surface area contributed by atoms with E-state index in [0.717, 1.165) is 5.56 Å². The topological polar surface area (TPSA) is 95.5 Å². The largest absolute Gasteiger partial charge is 0.480 e. The van der Waals surface area contributed by atoms with Gasteiger partial charge in [0.05, 0.1) is 6.42 Å². The second-order valence-corrected chi connectivity index (χ2v) is 5.13. The molecule has 106 valence electrons. The molecule has 1 aliphatic heterocycles. The Bertz CT molecular complexity index is 581. The lowest BCUT2D eigenvalue weighted by atomic mass is 10.0. The number of carbonyl (C=O) groups excluding carboxylic acids is 2. The third-order valence-electron chi connectivity index (χ3n) is 3.21. The van der Waals surface area contributed by atoms with E-state index < -0.39 is 17.9 Å². The van der Waals surface area contributed by atoms with Gasteiger partial charge in [0, 0.05) is 11.3 Å². The Labute approximate surface area is 116 Å². The van der Waals surface area contributed by atoms with Crippen LogP contribution in [0.5, 0.6) is 0 Å². The molecular formula is C14H16N2O4. The first-order valence-corrected chi connectivity index (χ1v) is 6.35. The van der Waals surface area contributed by atoms with Crippen LogP contribution < -0.4 is 10.6 Å². The van der Waals surface area contributed by atoms with Crippen molar-refractivity contribution in [2.45, 2.75) is 26.3 Å². The van der Waals surface area contributed by atoms with E-state index in [2.05, 4.69) is 10.6 Å². The molecule has 6 heteroatoms. The number of fused-ring (bicyclic) bond motifs is 1. The number of carbonyl (C=O) groups is 3. The van der Waals surface area contributed by atoms with Crippen LogP contribution in [0.15, 0.2) is 18.2 Å². The molecule has 0 saturated carbocycles. The van der Waals surface area contributed by atoms with Crippen molar-refractivity contribution in [1.82, 2.24) is 5.32 Å². The van der Waals surface area contributed by atoms with Crippen molar-refractivity contribution >= 4 is 23.5 Å². The number of rotatable bonds is 4. The molecule has 6 nitrogen and oxygen atoms in total. The quantitative estimate of drug-likeness (QED) is 0.765. The van der Waals surface area contributed by atoms with Crippen LogP contribution >= 0.6 is 0 Å². The Morgan fingerprint density at radius 3 is 2.65 bits per heavy atom. The van der Waals surface area contributed by atoms with Crippen molar-refractivity contribution in [3.63, 3.8) is 0 Å². The molecule has 1 heterocycles. The van der Waals surface area contributed by atoms with Gasteiger partial charge in [-0.3, -0.25) is 9.59 Å². The van der Waals surface area contributed by atoms with Crippen molar-refractivity contribution in [3.8, 4) is 0 Å². The summed E-state index contributed by atoms with van der Waals surface area (Å²) in [5.74, 6) is -1.84. The van der Waals surface area contributed by atoms with Crippen molar-refractivity contribution in [1.29, 1.82) is 0 Å². The van der Waals surface area contributed by atoms with Crippen LogP contribution in [0.25, 0.3) is 0 Å². The Kier molecular flexibility index (Phi) is 3.74. The van der Waals surface area contributed by atoms with Gasteiger partial charge >= 0.3 is 5.97 Å². The van der Waals surface area contributed by atoms with Gasteiger partial charge in [0.25, 0.3) is 5.91 Å². The molecular weight excluding hydrogens is 260 g/mol. The SMILES string of the molecule is CC(C)C(NC(=O)c1ccc2c(c1)CC(=O)N2)C(=O)O. The molecule has 0 aliphatic carbocycles. The zero-order valence-electron chi connectivity index (χ0n) is 11.3. The number of carboxylic acids is 1. The molecule has 0 bridgehead atoms. The molecule has 1 unspecified atom stereocenters. The van der Waals surface area contributed by atoms with Crippen LogP contribution in [-0.4, -0.2) is 28.9 Å². The summed E-state index contributed by atoms with van der Waals surface area (Å²) >= 11 is 0. The monoisotopic (exact) mass is 276 g/mol. The Balaban J connectivity index is 2.16. The second-order valence-electron chi connectivity index (χ2n) is 5.13. The summed E-state index contributed by atoms with van der Waals surface area (Å²) in [7, 11) is 0. The van der Waals surface area contributed by atoms with Gasteiger partial charge in [-0.25, -0.2) is 4.79 Å². The maximum atomic E-state index is 12.1. The molecule has 0 spiro atoms. The second kappa shape index (κ2) is 5.32. The summed E-state index contributed by atoms with van der Waals surface area (Å²) in [6.07, 6.45) is 0.239. The molecule has 0 aromatic heterocycles. The average molecular weight is 276 g/mol. The van der Waals surface area contributed by atoms with Gasteiger partial charge in [-0.1, -0.05) is 13.8 Å². The standard InChI is InChI=1S/C14H16N2O4/c1-7(2)12(14(19)20)16-13(18)8-3-4-10-9(5-8)6-11(17)15-10/h3-5,7,12H,6H2,1-2H3,(H,15,17)(H,16,18)(H,19,20). The highest BCUT2D eigenvalue weighted by molar-refractivity contribution is 6.02. The molecule has 2 amide bonds. The minimum absolute atomic E-state index is 0.108. The predicted octanol–water partition coefficient (Wildman–Crippen LogP) is 1.02. The van der Waals surface area contributed by atoms with Crippen molar-refractivity contribution in [2.75, 3.05) is 5.32 Å². The number of anilines is 1. The minimum atomic E-state index is -1.06. The lowest BCUT2D eigenvalue weighted by Gasteiger charge is -2.18. The van der Waals surface area contributed by atoms with Crippen molar-refractivity contribution in [3.05, 3.63) is 29.3 Å². The lowest BCUT2D eigenvalue weighted by molar-refractivity contribution is -0.140. The molecule has 0 saturated heterocycles. The van der Waals surface area contributed by atoms with Gasteiger partial charge in [-0.05, 0) is 29.7 Å². The highest BCUT2D eigenvalue weighted by Crippen LogP contribution is 2.23. The van der Waals surface area contributed by atoms with E-state index in [9.17, 15) is 14.4 Å². The highest BCUT2D eigenvalue weighted by atomic mass is 16.4. The third-order valence-corrected chi connectivity index (χ3v) is 3.21. The van der Waals surface area contributed by atoms with Crippen molar-refractivity contribution < 1.29 is 19.5 Å². The summed E-state index contributed by atoms with van der Waals surface area (Å²) in [6.45, 7) is 3.45. The van der Waals surface area contributed by atoms with Crippen LogP contribution in [0, 0.1) is 5.92 Å². The molecule has 1 aromatic carbocycles. The zero-order chi connectivity index (χ0) is 14.9. The van der Waals surface area contributed by atoms with Gasteiger partial charge < -0.3 is 15.7 Å². The Morgan fingerprint density at radius 2 is 2.05 bits per heavy atom. The summed E-state index contributed by atoms with van der Waals surface area (Å²) in [4.78, 5) is 34.4. The number of nitrogens with one attached hydrogen (secondary N) is 2. The van der Waals surface area contributed by atoms with Gasteiger partial charge in [-0.2, -0.15) is 0 Å². The molecule has 20 heavy (non-hydrogen) atoms. The predicted molar refractivity (Wildman–Crippen MR) is 72.5 cm³/mol. The maximum absolute atomic E-state index is 12.1. The van der Waals surface area contributed by atoms with Crippen LogP contribution in [0.4, 0.5) is 5.69 Å². The average Bonchev–Trinajstić information content (AvgIpc) is 2.73. The lowest BCUT2D eigenvalue weighted by Crippen LogP contribution is -2.44. The van der Waals surface area contributed by atoms with E-state index in [-0.39, 0.29) is 18.2 Å². The fourth-order valence-electron chi connectivity index (χ4n) is 2.11. The smallest absolute Gasteiger partial charge is 0.326 e. The number of amides is 2. The number of hydrogen-bond acceptors (Lipinski definition) is 3.